The third kappa shape index (κ3) is 2.34. The first-order valence-electron chi connectivity index (χ1n) is 6.23. The highest BCUT2D eigenvalue weighted by Crippen LogP contribution is 2.27. The van der Waals surface area contributed by atoms with Gasteiger partial charge in [-0.1, -0.05) is 0 Å². The molecule has 2 aromatic heterocycles. The van der Waals surface area contributed by atoms with Gasteiger partial charge in [-0.15, -0.1) is 0 Å². The summed E-state index contributed by atoms with van der Waals surface area (Å²) in [6.07, 6.45) is 4.19. The van der Waals surface area contributed by atoms with Gasteiger partial charge < -0.3 is 9.72 Å². The van der Waals surface area contributed by atoms with Crippen LogP contribution in [0.2, 0.25) is 0 Å². The quantitative estimate of drug-likeness (QED) is 0.802. The van der Waals surface area contributed by atoms with Gasteiger partial charge >= 0.3 is 0 Å². The molecule has 0 fully saturated rings. The Kier molecular flexibility index (Phi) is 3.42. The molecule has 1 N–H and O–H groups in total. The van der Waals surface area contributed by atoms with E-state index in [0.29, 0.717) is 0 Å². The highest BCUT2D eigenvalue weighted by atomic mass is 19.1. The molecule has 22 heavy (non-hydrogen) atoms. The Hall–Kier alpha value is -3.03. The number of methoxy groups -OCH3 is 1. The van der Waals surface area contributed by atoms with Crippen molar-refractivity contribution in [2.75, 3.05) is 7.11 Å². The molecule has 6 nitrogen and oxygen atoms in total. The van der Waals surface area contributed by atoms with Gasteiger partial charge in [-0.2, -0.15) is 5.10 Å². The zero-order chi connectivity index (χ0) is 15.7. The minimum absolute atomic E-state index is 0.00285. The molecule has 112 valence electrons. The lowest BCUT2D eigenvalue weighted by atomic mass is 10.1. The van der Waals surface area contributed by atoms with Crippen LogP contribution in [-0.4, -0.2) is 26.9 Å². The van der Waals surface area contributed by atoms with Gasteiger partial charge in [-0.25, -0.2) is 18.4 Å². The second-order valence-corrected chi connectivity index (χ2v) is 4.37. The predicted molar refractivity (Wildman–Crippen MR) is 73.9 cm³/mol. The number of nitrogens with one attached hydrogen (secondary N) is 1. The molecule has 0 saturated carbocycles. The fourth-order valence-electron chi connectivity index (χ4n) is 2.00. The molecule has 0 saturated heterocycles. The van der Waals surface area contributed by atoms with Crippen molar-refractivity contribution in [2.24, 2.45) is 0 Å². The number of hydrogen-bond donors (Lipinski definition) is 1. The normalized spacial score (nSPS) is 10.7. The minimum atomic E-state index is -0.860. The van der Waals surface area contributed by atoms with Gasteiger partial charge in [0.25, 0.3) is 5.56 Å². The second kappa shape index (κ2) is 5.40. The van der Waals surface area contributed by atoms with E-state index in [2.05, 4.69) is 15.1 Å². The van der Waals surface area contributed by atoms with Gasteiger partial charge in [-0.05, 0) is 6.07 Å². The first-order valence-corrected chi connectivity index (χ1v) is 6.23. The van der Waals surface area contributed by atoms with E-state index in [9.17, 15) is 13.6 Å². The van der Waals surface area contributed by atoms with Crippen LogP contribution in [0.3, 0.4) is 0 Å². The number of benzene rings is 1. The van der Waals surface area contributed by atoms with Gasteiger partial charge in [0.15, 0.2) is 0 Å². The first-order chi connectivity index (χ1) is 10.6. The number of aromatic nitrogens is 4. The molecule has 0 radical (unpaired) electrons. The van der Waals surface area contributed by atoms with E-state index in [4.69, 9.17) is 4.74 Å². The van der Waals surface area contributed by atoms with Crippen LogP contribution < -0.4 is 10.3 Å². The van der Waals surface area contributed by atoms with E-state index in [1.165, 1.54) is 30.4 Å². The third-order valence-corrected chi connectivity index (χ3v) is 3.01. The number of rotatable bonds is 3. The first kappa shape index (κ1) is 13.9. The van der Waals surface area contributed by atoms with E-state index in [1.54, 1.807) is 6.07 Å². The zero-order valence-corrected chi connectivity index (χ0v) is 11.4. The molecule has 0 aliphatic rings. The van der Waals surface area contributed by atoms with Crippen molar-refractivity contribution in [3.05, 3.63) is 58.8 Å². The van der Waals surface area contributed by atoms with Gasteiger partial charge in [0.2, 0.25) is 5.82 Å². The number of hydrogen-bond acceptors (Lipinski definition) is 4. The van der Waals surface area contributed by atoms with Crippen LogP contribution in [0.1, 0.15) is 0 Å². The fourth-order valence-corrected chi connectivity index (χ4v) is 2.00. The lowest BCUT2D eigenvalue weighted by Gasteiger charge is -2.08. The van der Waals surface area contributed by atoms with Crippen LogP contribution >= 0.6 is 0 Å². The highest BCUT2D eigenvalue weighted by Gasteiger charge is 2.16. The van der Waals surface area contributed by atoms with Gasteiger partial charge in [0, 0.05) is 24.5 Å². The van der Waals surface area contributed by atoms with E-state index in [0.717, 1.165) is 12.1 Å². The smallest absolute Gasteiger partial charge is 0.293 e. The summed E-state index contributed by atoms with van der Waals surface area (Å²) in [7, 11) is 1.30. The summed E-state index contributed by atoms with van der Waals surface area (Å²) in [6.45, 7) is 0. The predicted octanol–water partition coefficient (Wildman–Crippen LogP) is 1.91. The molecule has 0 spiro atoms. The average molecular weight is 304 g/mol. The molecule has 0 amide bonds. The monoisotopic (exact) mass is 304 g/mol. The topological polar surface area (TPSA) is 72.8 Å². The van der Waals surface area contributed by atoms with E-state index in [1.807, 2.05) is 0 Å². The van der Waals surface area contributed by atoms with Gasteiger partial charge in [0.05, 0.1) is 24.6 Å². The third-order valence-electron chi connectivity index (χ3n) is 3.01. The number of aromatic amines is 1. The average Bonchev–Trinajstić information content (AvgIpc) is 3.00. The lowest BCUT2D eigenvalue weighted by Crippen LogP contribution is -2.18. The number of ether oxygens (including phenoxy) is 1. The Bertz CT molecular complexity index is 852. The summed E-state index contributed by atoms with van der Waals surface area (Å²) in [5.41, 5.74) is -1.06. The Morgan fingerprint density at radius 3 is 2.55 bits per heavy atom. The number of H-pyrrole nitrogens is 1. The molecule has 0 aliphatic carbocycles. The maximum Gasteiger partial charge on any atom is 0.293 e. The Labute approximate surface area is 123 Å². The van der Waals surface area contributed by atoms with Crippen molar-refractivity contribution in [3.63, 3.8) is 0 Å². The number of nitrogens with zero attached hydrogens (tertiary/aromatic N) is 3. The Balaban J connectivity index is 2.11. The minimum Gasteiger partial charge on any atom is -0.497 e. The molecule has 1 aromatic carbocycles. The molecule has 0 bridgehead atoms. The molecule has 0 atom stereocenters. The van der Waals surface area contributed by atoms with E-state index >= 15 is 0 Å². The van der Waals surface area contributed by atoms with Gasteiger partial charge in [0.1, 0.15) is 17.4 Å². The van der Waals surface area contributed by atoms with Crippen LogP contribution in [0.25, 0.3) is 17.1 Å². The van der Waals surface area contributed by atoms with E-state index in [-0.39, 0.29) is 22.8 Å². The summed E-state index contributed by atoms with van der Waals surface area (Å²) < 4.78 is 34.0. The zero-order valence-electron chi connectivity index (χ0n) is 11.4. The molecule has 3 rings (SSSR count). The van der Waals surface area contributed by atoms with E-state index < -0.39 is 17.2 Å². The van der Waals surface area contributed by atoms with Crippen molar-refractivity contribution < 1.29 is 13.5 Å². The summed E-state index contributed by atoms with van der Waals surface area (Å²) in [5.74, 6) is -1.67. The van der Waals surface area contributed by atoms with Crippen LogP contribution in [0.5, 0.6) is 5.75 Å². The molecule has 3 aromatic rings. The summed E-state index contributed by atoms with van der Waals surface area (Å²) in [6, 6.07) is 3.67. The summed E-state index contributed by atoms with van der Waals surface area (Å²) >= 11 is 0. The highest BCUT2D eigenvalue weighted by molar-refractivity contribution is 5.61. The molecular formula is C14H10F2N4O2. The maximum absolute atomic E-state index is 14.0. The lowest BCUT2D eigenvalue weighted by molar-refractivity contribution is 0.407. The van der Waals surface area contributed by atoms with Crippen molar-refractivity contribution in [1.82, 2.24) is 19.7 Å². The second-order valence-electron chi connectivity index (χ2n) is 4.37. The molecule has 0 aliphatic heterocycles. The van der Waals surface area contributed by atoms with Gasteiger partial charge in [-0.3, -0.25) is 4.79 Å². The Morgan fingerprint density at radius 2 is 2.00 bits per heavy atom. The largest absolute Gasteiger partial charge is 0.497 e. The molecule has 8 heteroatoms. The Morgan fingerprint density at radius 1 is 1.27 bits per heavy atom. The van der Waals surface area contributed by atoms with Crippen molar-refractivity contribution in [1.29, 1.82) is 0 Å². The van der Waals surface area contributed by atoms with Crippen molar-refractivity contribution >= 4 is 0 Å². The molecule has 0 unspecified atom stereocenters. The summed E-state index contributed by atoms with van der Waals surface area (Å²) in [5, 5.41) is 3.88. The maximum atomic E-state index is 14.0. The fraction of sp³-hybridized carbons (Fsp3) is 0.0714. The molecule has 2 heterocycles. The van der Waals surface area contributed by atoms with Crippen molar-refractivity contribution in [3.8, 4) is 22.8 Å². The number of halogens is 2. The van der Waals surface area contributed by atoms with Crippen LogP contribution in [-0.2, 0) is 0 Å². The standard InChI is InChI=1S/C14H10F2N4O2/c1-22-8-5-9(15)12(10(16)6-8)11-7-17-13(14(21)19-11)20-4-2-3-18-20/h2-7H,1H3,(H,19,21). The van der Waals surface area contributed by atoms with Crippen LogP contribution in [0, 0.1) is 11.6 Å². The van der Waals surface area contributed by atoms with Crippen LogP contribution in [0.15, 0.2) is 41.6 Å². The van der Waals surface area contributed by atoms with Crippen LogP contribution in [0.4, 0.5) is 8.78 Å². The van der Waals surface area contributed by atoms with Crippen molar-refractivity contribution in [2.45, 2.75) is 0 Å². The SMILES string of the molecule is COc1cc(F)c(-c2cnc(-n3cccn3)c(=O)[nH]2)c(F)c1. The molecular weight excluding hydrogens is 294 g/mol. The summed E-state index contributed by atoms with van der Waals surface area (Å²) in [4.78, 5) is 18.3.